The number of alkyl halides is 1. The summed E-state index contributed by atoms with van der Waals surface area (Å²) in [6.45, 7) is 0.723. The van der Waals surface area contributed by atoms with Crippen LogP contribution in [0.1, 0.15) is 32.1 Å². The highest BCUT2D eigenvalue weighted by molar-refractivity contribution is 6.35. The molecule has 190 valence electrons. The van der Waals surface area contributed by atoms with E-state index in [1.165, 1.54) is 6.07 Å². The van der Waals surface area contributed by atoms with Crippen LogP contribution in [0.2, 0.25) is 10.0 Å². The average Bonchev–Trinajstić information content (AvgIpc) is 3.53. The molecule has 2 saturated heterocycles. The van der Waals surface area contributed by atoms with Gasteiger partial charge in [-0.05, 0) is 55.7 Å². The lowest BCUT2D eigenvalue weighted by Crippen LogP contribution is -2.54. The Labute approximate surface area is 219 Å². The molecule has 2 heterocycles. The number of ketones is 1. The van der Waals surface area contributed by atoms with Gasteiger partial charge in [-0.1, -0.05) is 29.6 Å². The molecular weight excluding hydrogens is 517 g/mol. The van der Waals surface area contributed by atoms with Crippen molar-refractivity contribution in [3.8, 4) is 5.75 Å². The molecule has 3 aliphatic rings. The summed E-state index contributed by atoms with van der Waals surface area (Å²) in [5, 5.41) is 6.31. The van der Waals surface area contributed by atoms with Gasteiger partial charge in [-0.25, -0.2) is 0 Å². The van der Waals surface area contributed by atoms with Gasteiger partial charge < -0.3 is 20.3 Å². The molecule has 1 aromatic rings. The molecule has 3 fully saturated rings. The van der Waals surface area contributed by atoms with E-state index in [4.69, 9.17) is 39.5 Å². The van der Waals surface area contributed by atoms with Crippen LogP contribution in [-0.2, 0) is 19.2 Å². The second kappa shape index (κ2) is 11.4. The van der Waals surface area contributed by atoms with Crippen molar-refractivity contribution in [2.24, 2.45) is 17.8 Å². The Morgan fingerprint density at radius 2 is 2.00 bits per heavy atom. The fraction of sp³-hybridized carbons (Fsp3) is 0.583. The van der Waals surface area contributed by atoms with E-state index in [1.54, 1.807) is 17.0 Å². The zero-order valence-electron chi connectivity index (χ0n) is 19.1. The first-order valence-corrected chi connectivity index (χ1v) is 13.1. The molecule has 0 spiro atoms. The summed E-state index contributed by atoms with van der Waals surface area (Å²) in [5.41, 5.74) is 0. The molecule has 0 bridgehead atoms. The number of carbonyl (C=O) groups excluding carboxylic acids is 4. The molecule has 11 heteroatoms. The number of halogens is 3. The smallest absolute Gasteiger partial charge is 0.261 e. The number of likely N-dealkylation sites (tertiary alicyclic amines) is 1. The zero-order valence-corrected chi connectivity index (χ0v) is 21.4. The second-order valence-corrected chi connectivity index (χ2v) is 10.5. The average molecular weight is 545 g/mol. The minimum atomic E-state index is -0.879. The van der Waals surface area contributed by atoms with E-state index in [-0.39, 0.29) is 65.2 Å². The van der Waals surface area contributed by atoms with Gasteiger partial charge in [-0.2, -0.15) is 0 Å². The molecule has 1 saturated carbocycles. The number of ether oxygens (including phenoxy) is 1. The Kier molecular flexibility index (Phi) is 8.45. The van der Waals surface area contributed by atoms with E-state index in [2.05, 4.69) is 10.6 Å². The van der Waals surface area contributed by atoms with E-state index in [0.29, 0.717) is 30.3 Å². The molecular formula is C24H28Cl3N3O5. The van der Waals surface area contributed by atoms with Gasteiger partial charge >= 0.3 is 0 Å². The van der Waals surface area contributed by atoms with Crippen molar-refractivity contribution in [3.63, 3.8) is 0 Å². The zero-order chi connectivity index (χ0) is 25.1. The highest BCUT2D eigenvalue weighted by Gasteiger charge is 2.50. The van der Waals surface area contributed by atoms with Gasteiger partial charge in [0, 0.05) is 24.0 Å². The van der Waals surface area contributed by atoms with Gasteiger partial charge in [0.1, 0.15) is 11.8 Å². The number of hydrogen-bond donors (Lipinski definition) is 2. The van der Waals surface area contributed by atoms with Crippen molar-refractivity contribution in [3.05, 3.63) is 28.2 Å². The third kappa shape index (κ3) is 5.87. The van der Waals surface area contributed by atoms with Crippen LogP contribution in [0.15, 0.2) is 18.2 Å². The Morgan fingerprint density at radius 3 is 2.69 bits per heavy atom. The minimum absolute atomic E-state index is 0.0135. The lowest BCUT2D eigenvalue weighted by molar-refractivity contribution is -0.141. The molecule has 5 atom stereocenters. The third-order valence-electron chi connectivity index (χ3n) is 7.24. The molecule has 0 aromatic heterocycles. The molecule has 1 aromatic carbocycles. The number of amides is 3. The van der Waals surface area contributed by atoms with Gasteiger partial charge in [0.25, 0.3) is 5.91 Å². The topological polar surface area (TPSA) is 105 Å². The highest BCUT2D eigenvalue weighted by atomic mass is 35.5. The predicted molar refractivity (Wildman–Crippen MR) is 132 cm³/mol. The summed E-state index contributed by atoms with van der Waals surface area (Å²) in [6, 6.07) is 3.14. The Bertz CT molecular complexity index is 1010. The molecule has 3 amide bonds. The Morgan fingerprint density at radius 1 is 1.20 bits per heavy atom. The van der Waals surface area contributed by atoms with Crippen molar-refractivity contribution in [1.29, 1.82) is 0 Å². The second-order valence-electron chi connectivity index (χ2n) is 9.38. The van der Waals surface area contributed by atoms with E-state index < -0.39 is 12.1 Å². The number of nitrogens with one attached hydrogen (secondary N) is 2. The lowest BCUT2D eigenvalue weighted by atomic mass is 9.92. The van der Waals surface area contributed by atoms with Crippen molar-refractivity contribution in [1.82, 2.24) is 15.5 Å². The van der Waals surface area contributed by atoms with Crippen molar-refractivity contribution in [2.45, 2.75) is 44.2 Å². The number of nitrogens with zero attached hydrogens (tertiary/aromatic N) is 1. The largest absolute Gasteiger partial charge is 0.482 e. The molecule has 8 nitrogen and oxygen atoms in total. The first-order valence-electron chi connectivity index (χ1n) is 11.8. The number of benzene rings is 1. The summed E-state index contributed by atoms with van der Waals surface area (Å²) in [7, 11) is 0. The summed E-state index contributed by atoms with van der Waals surface area (Å²) in [4.78, 5) is 52.7. The molecule has 2 N–H and O–H groups in total. The Hall–Kier alpha value is -2.03. The maximum absolute atomic E-state index is 13.5. The van der Waals surface area contributed by atoms with Crippen LogP contribution in [0.25, 0.3) is 0 Å². The van der Waals surface area contributed by atoms with Crippen LogP contribution < -0.4 is 15.4 Å². The highest BCUT2D eigenvalue weighted by Crippen LogP contribution is 2.42. The fourth-order valence-electron chi connectivity index (χ4n) is 5.49. The van der Waals surface area contributed by atoms with Gasteiger partial charge in [0.05, 0.1) is 16.9 Å². The van der Waals surface area contributed by atoms with E-state index in [0.717, 1.165) is 19.3 Å². The van der Waals surface area contributed by atoms with Crippen LogP contribution in [0, 0.1) is 17.8 Å². The molecule has 0 radical (unpaired) electrons. The molecule has 35 heavy (non-hydrogen) atoms. The standard InChI is InChI=1S/C24H28Cl3N3O5/c25-10-19(31)18(8-13-6-7-28-23(13)33)29-24(34)22-16-3-1-2-14(16)11-30(22)21(32)12-35-20-5-4-15(26)9-17(20)27/h4-5,9,13-14,16,18,22H,1-3,6-8,10-12H2,(H,28,33)(H,29,34)/t13-,14-,16+,18-,22?/m0/s1. The van der Waals surface area contributed by atoms with E-state index in [1.807, 2.05) is 0 Å². The van der Waals surface area contributed by atoms with Crippen molar-refractivity contribution >= 4 is 58.3 Å². The van der Waals surface area contributed by atoms with Gasteiger partial charge in [0.2, 0.25) is 11.8 Å². The SMILES string of the molecule is O=C(N[C@@H](C[C@@H]1CCNC1=O)C(=O)CCl)C1[C@@H]2CCC[C@H]2CN1C(=O)COc1ccc(Cl)cc1Cl. The normalized spacial score (nSPS) is 26.3. The van der Waals surface area contributed by atoms with Gasteiger partial charge in [0.15, 0.2) is 12.4 Å². The first kappa shape index (κ1) is 26.0. The van der Waals surface area contributed by atoms with E-state index in [9.17, 15) is 19.2 Å². The van der Waals surface area contributed by atoms with Gasteiger partial charge in [-0.15, -0.1) is 11.6 Å². The molecule has 2 aliphatic heterocycles. The van der Waals surface area contributed by atoms with Crippen LogP contribution in [0.5, 0.6) is 5.75 Å². The van der Waals surface area contributed by atoms with Crippen LogP contribution in [-0.4, -0.2) is 66.1 Å². The summed E-state index contributed by atoms with van der Waals surface area (Å²) in [6.07, 6.45) is 3.55. The maximum Gasteiger partial charge on any atom is 0.261 e. The number of carbonyl (C=O) groups is 4. The molecule has 4 rings (SSSR count). The fourth-order valence-corrected chi connectivity index (χ4v) is 6.14. The number of fused-ring (bicyclic) bond motifs is 1. The molecule has 1 unspecified atom stereocenters. The predicted octanol–water partition coefficient (Wildman–Crippen LogP) is 2.82. The monoisotopic (exact) mass is 543 g/mol. The third-order valence-corrected chi connectivity index (χ3v) is 8.04. The first-order chi connectivity index (χ1) is 16.8. The maximum atomic E-state index is 13.5. The Balaban J connectivity index is 1.46. The summed E-state index contributed by atoms with van der Waals surface area (Å²) in [5.74, 6) is -1.26. The number of Topliss-reactive ketones (excluding diaryl/α,β-unsaturated/α-hetero) is 1. The van der Waals surface area contributed by atoms with Gasteiger partial charge in [-0.3, -0.25) is 19.2 Å². The number of rotatable bonds is 9. The summed E-state index contributed by atoms with van der Waals surface area (Å²) < 4.78 is 5.62. The summed E-state index contributed by atoms with van der Waals surface area (Å²) >= 11 is 17.9. The van der Waals surface area contributed by atoms with Crippen LogP contribution >= 0.6 is 34.8 Å². The van der Waals surface area contributed by atoms with Crippen molar-refractivity contribution < 1.29 is 23.9 Å². The molecule has 1 aliphatic carbocycles. The van der Waals surface area contributed by atoms with Crippen molar-refractivity contribution in [2.75, 3.05) is 25.6 Å². The lowest BCUT2D eigenvalue weighted by Gasteiger charge is -2.29. The minimum Gasteiger partial charge on any atom is -0.482 e. The number of hydrogen-bond acceptors (Lipinski definition) is 5. The van der Waals surface area contributed by atoms with E-state index >= 15 is 0 Å². The van der Waals surface area contributed by atoms with Crippen LogP contribution in [0.4, 0.5) is 0 Å². The van der Waals surface area contributed by atoms with Crippen LogP contribution in [0.3, 0.4) is 0 Å². The quantitative estimate of drug-likeness (QED) is 0.465.